The molecule has 0 radical (unpaired) electrons. The molecule has 2 aromatic carbocycles. The summed E-state index contributed by atoms with van der Waals surface area (Å²) in [5, 5.41) is 27.9. The summed E-state index contributed by atoms with van der Waals surface area (Å²) in [5.74, 6) is -0.474. The highest BCUT2D eigenvalue weighted by Crippen LogP contribution is 2.34. The predicted octanol–water partition coefficient (Wildman–Crippen LogP) is 3.99. The number of aromatic nitrogens is 2. The van der Waals surface area contributed by atoms with Crippen molar-refractivity contribution in [1.29, 1.82) is 0 Å². The first-order valence-corrected chi connectivity index (χ1v) is 13.8. The molecule has 1 fully saturated rings. The Morgan fingerprint density at radius 1 is 1.12 bits per heavy atom. The number of hydrogen-bond donors (Lipinski definition) is 3. The lowest BCUT2D eigenvalue weighted by Crippen LogP contribution is -2.43. The molecule has 0 unspecified atom stereocenters. The van der Waals surface area contributed by atoms with Crippen LogP contribution in [0, 0.1) is 0 Å². The van der Waals surface area contributed by atoms with E-state index >= 15 is 0 Å². The first kappa shape index (κ1) is 29.4. The van der Waals surface area contributed by atoms with Gasteiger partial charge in [-0.2, -0.15) is 5.10 Å². The fraction of sp³-hybridized carbons (Fsp3) is 0.500. The highest BCUT2D eigenvalue weighted by Gasteiger charge is 2.42. The maximum Gasteiger partial charge on any atom is 0.411 e. The Hall–Kier alpha value is -3.63. The van der Waals surface area contributed by atoms with Gasteiger partial charge in [0.15, 0.2) is 0 Å². The molecule has 3 N–H and O–H groups in total. The van der Waals surface area contributed by atoms with Crippen LogP contribution in [0.5, 0.6) is 5.75 Å². The van der Waals surface area contributed by atoms with Crippen molar-refractivity contribution in [3.05, 3.63) is 48.2 Å². The number of carbonyl (C=O) groups excluding carboxylic acids is 1. The Morgan fingerprint density at radius 3 is 2.60 bits per heavy atom. The van der Waals surface area contributed by atoms with E-state index in [4.69, 9.17) is 19.7 Å². The van der Waals surface area contributed by atoms with Gasteiger partial charge in [-0.1, -0.05) is 24.3 Å². The Kier molecular flexibility index (Phi) is 9.32. The monoisotopic (exact) mass is 552 g/mol. The molecule has 1 aliphatic heterocycles. The zero-order valence-corrected chi connectivity index (χ0v) is 23.7. The number of nitrogens with zero attached hydrogens (tertiary/aromatic N) is 3. The van der Waals surface area contributed by atoms with E-state index in [0.29, 0.717) is 5.75 Å². The van der Waals surface area contributed by atoms with Crippen molar-refractivity contribution in [1.82, 2.24) is 20.0 Å². The van der Waals surface area contributed by atoms with E-state index in [0.717, 1.165) is 60.1 Å². The zero-order chi connectivity index (χ0) is 28.9. The number of aliphatic hydroxyl groups excluding tert-OH is 1. The molecule has 2 atom stereocenters. The standard InChI is InChI=1S/C30H40N4O6/c1-30(2,3)40-29(38)34-19-22(18-26(34)28(36)37)39-21-10-5-9-20(17-21)23-11-6-12-24-27(23)25(33(4)32-24)13-7-14-31-15-8-16-35/h5-6,9-12,17,22,26,31,35H,7-8,13-16,18-19H2,1-4H3,(H,36,37)/t22-,26-/m0/s1. The topological polar surface area (TPSA) is 126 Å². The van der Waals surface area contributed by atoms with Gasteiger partial charge in [0.25, 0.3) is 0 Å². The average molecular weight is 553 g/mol. The minimum absolute atomic E-state index is 0.130. The number of aryl methyl sites for hydroxylation is 2. The van der Waals surface area contributed by atoms with Gasteiger partial charge in [-0.15, -0.1) is 0 Å². The minimum atomic E-state index is -1.08. The molecule has 0 spiro atoms. The maximum atomic E-state index is 12.7. The van der Waals surface area contributed by atoms with Crippen molar-refractivity contribution >= 4 is 23.0 Å². The Balaban J connectivity index is 1.52. The van der Waals surface area contributed by atoms with Crippen LogP contribution in [0.15, 0.2) is 42.5 Å². The van der Waals surface area contributed by atoms with Crippen LogP contribution in [0.2, 0.25) is 0 Å². The number of ether oxygens (including phenoxy) is 2. The number of aliphatic hydroxyl groups is 1. The van der Waals surface area contributed by atoms with Crippen molar-refractivity contribution in [2.24, 2.45) is 7.05 Å². The highest BCUT2D eigenvalue weighted by molar-refractivity contribution is 5.97. The maximum absolute atomic E-state index is 12.7. The summed E-state index contributed by atoms with van der Waals surface area (Å²) < 4.78 is 13.6. The molecule has 1 aromatic heterocycles. The van der Waals surface area contributed by atoms with Gasteiger partial charge < -0.3 is 25.0 Å². The summed E-state index contributed by atoms with van der Waals surface area (Å²) in [6.07, 6.45) is 1.58. The minimum Gasteiger partial charge on any atom is -0.488 e. The average Bonchev–Trinajstić information content (AvgIpc) is 3.46. The van der Waals surface area contributed by atoms with Crippen molar-refractivity contribution in [3.8, 4) is 16.9 Å². The number of hydrogen-bond acceptors (Lipinski definition) is 7. The molecule has 1 aliphatic rings. The summed E-state index contributed by atoms with van der Waals surface area (Å²) in [7, 11) is 1.97. The molecule has 3 aromatic rings. The van der Waals surface area contributed by atoms with Gasteiger partial charge in [-0.25, -0.2) is 9.59 Å². The second-order valence-electron chi connectivity index (χ2n) is 11.2. The number of likely N-dealkylation sites (tertiary alicyclic amines) is 1. The summed E-state index contributed by atoms with van der Waals surface area (Å²) >= 11 is 0. The molecular weight excluding hydrogens is 512 g/mol. The molecule has 0 aliphatic carbocycles. The number of fused-ring (bicyclic) bond motifs is 1. The van der Waals surface area contributed by atoms with Crippen LogP contribution < -0.4 is 10.1 Å². The summed E-state index contributed by atoms with van der Waals surface area (Å²) in [6.45, 7) is 7.22. The second kappa shape index (κ2) is 12.7. The van der Waals surface area contributed by atoms with E-state index in [-0.39, 0.29) is 19.6 Å². The van der Waals surface area contributed by atoms with Crippen molar-refractivity contribution < 1.29 is 29.3 Å². The lowest BCUT2D eigenvalue weighted by Gasteiger charge is -2.26. The van der Waals surface area contributed by atoms with E-state index in [9.17, 15) is 14.7 Å². The van der Waals surface area contributed by atoms with Gasteiger partial charge in [0.2, 0.25) is 0 Å². The number of nitrogens with one attached hydrogen (secondary N) is 1. The van der Waals surface area contributed by atoms with Crippen LogP contribution in [0.1, 0.15) is 45.7 Å². The van der Waals surface area contributed by atoms with Gasteiger partial charge in [-0.3, -0.25) is 9.58 Å². The predicted molar refractivity (Wildman–Crippen MR) is 152 cm³/mol. The summed E-state index contributed by atoms with van der Waals surface area (Å²) in [4.78, 5) is 25.8. The third-order valence-corrected chi connectivity index (χ3v) is 6.88. The zero-order valence-electron chi connectivity index (χ0n) is 23.7. The third-order valence-electron chi connectivity index (χ3n) is 6.88. The molecule has 1 saturated heterocycles. The number of aliphatic carboxylic acids is 1. The SMILES string of the molecule is Cn1nc2cccc(-c3cccc(O[C@H]4C[C@@H](C(=O)O)N(C(=O)OC(C)(C)C)C4)c3)c2c1CCCNCCCO. The molecule has 10 nitrogen and oxygen atoms in total. The van der Waals surface area contributed by atoms with Gasteiger partial charge in [0.1, 0.15) is 23.5 Å². The first-order chi connectivity index (χ1) is 19.1. The van der Waals surface area contributed by atoms with Gasteiger partial charge in [0.05, 0.1) is 12.1 Å². The molecule has 0 saturated carbocycles. The molecule has 2 heterocycles. The van der Waals surface area contributed by atoms with Crippen molar-refractivity contribution in [3.63, 3.8) is 0 Å². The van der Waals surface area contributed by atoms with Crippen LogP contribution in [0.4, 0.5) is 4.79 Å². The van der Waals surface area contributed by atoms with E-state index in [1.165, 1.54) is 4.90 Å². The Labute approximate surface area is 234 Å². The smallest absolute Gasteiger partial charge is 0.411 e. The molecule has 10 heteroatoms. The van der Waals surface area contributed by atoms with Crippen molar-refractivity contribution in [2.45, 2.75) is 64.2 Å². The third kappa shape index (κ3) is 7.11. The molecule has 40 heavy (non-hydrogen) atoms. The molecule has 4 rings (SSSR count). The fourth-order valence-corrected chi connectivity index (χ4v) is 5.12. The van der Waals surface area contributed by atoms with E-state index < -0.39 is 29.8 Å². The number of carboxylic acids is 1. The second-order valence-corrected chi connectivity index (χ2v) is 11.2. The summed E-state index contributed by atoms with van der Waals surface area (Å²) in [6, 6.07) is 12.8. The van der Waals surface area contributed by atoms with E-state index in [2.05, 4.69) is 11.4 Å². The lowest BCUT2D eigenvalue weighted by molar-refractivity contribution is -0.142. The van der Waals surface area contributed by atoms with E-state index in [1.807, 2.05) is 48.1 Å². The van der Waals surface area contributed by atoms with E-state index in [1.54, 1.807) is 20.8 Å². The van der Waals surface area contributed by atoms with Gasteiger partial charge in [0, 0.05) is 31.2 Å². The number of carbonyl (C=O) groups is 2. The highest BCUT2D eigenvalue weighted by atomic mass is 16.6. The van der Waals surface area contributed by atoms with Crippen LogP contribution in [0.25, 0.3) is 22.0 Å². The summed E-state index contributed by atoms with van der Waals surface area (Å²) in [5.41, 5.74) is 3.35. The fourth-order valence-electron chi connectivity index (χ4n) is 5.12. The largest absolute Gasteiger partial charge is 0.488 e. The molecule has 216 valence electrons. The quantitative estimate of drug-likeness (QED) is 0.305. The van der Waals surface area contributed by atoms with Crippen LogP contribution in [-0.4, -0.2) is 80.9 Å². The Bertz CT molecular complexity index is 1330. The Morgan fingerprint density at radius 2 is 1.88 bits per heavy atom. The van der Waals surface area contributed by atoms with Crippen molar-refractivity contribution in [2.75, 3.05) is 26.2 Å². The number of rotatable bonds is 11. The molecule has 1 amide bonds. The number of carboxylic acid groups (broad SMARTS) is 1. The van der Waals surface area contributed by atoms with Gasteiger partial charge in [-0.05, 0) is 82.4 Å². The molecule has 0 bridgehead atoms. The van der Waals surface area contributed by atoms with Crippen LogP contribution in [-0.2, 0) is 23.0 Å². The van der Waals surface area contributed by atoms with Gasteiger partial charge >= 0.3 is 12.1 Å². The molecular formula is C30H40N4O6. The van der Waals surface area contributed by atoms with Crippen LogP contribution >= 0.6 is 0 Å². The van der Waals surface area contributed by atoms with Crippen LogP contribution in [0.3, 0.4) is 0 Å². The number of benzene rings is 2. The normalized spacial score (nSPS) is 17.4. The first-order valence-electron chi connectivity index (χ1n) is 13.8. The lowest BCUT2D eigenvalue weighted by atomic mass is 9.98. The number of amides is 1.